The van der Waals surface area contributed by atoms with E-state index in [0.717, 1.165) is 55.8 Å². The van der Waals surface area contributed by atoms with Crippen LogP contribution in [0.1, 0.15) is 18.1 Å². The maximum absolute atomic E-state index is 13.4. The third kappa shape index (κ3) is 4.69. The Bertz CT molecular complexity index is 1230. The van der Waals surface area contributed by atoms with Gasteiger partial charge in [-0.3, -0.25) is 14.7 Å². The number of fused-ring (bicyclic) bond motifs is 1. The Balaban J connectivity index is 1.40. The van der Waals surface area contributed by atoms with Gasteiger partial charge in [0.2, 0.25) is 5.91 Å². The fourth-order valence-corrected chi connectivity index (χ4v) is 4.94. The minimum Gasteiger partial charge on any atom is -0.361 e. The molecule has 5 nitrogen and oxygen atoms in total. The highest BCUT2D eigenvalue weighted by molar-refractivity contribution is 5.81. The summed E-state index contributed by atoms with van der Waals surface area (Å²) < 4.78 is 0. The first-order chi connectivity index (χ1) is 16.2. The van der Waals surface area contributed by atoms with Crippen LogP contribution in [0.25, 0.3) is 22.0 Å². The van der Waals surface area contributed by atoms with E-state index in [1.54, 1.807) is 6.20 Å². The second-order valence-electron chi connectivity index (χ2n) is 8.85. The lowest BCUT2D eigenvalue weighted by molar-refractivity contribution is -0.134. The molecule has 0 saturated carbocycles. The summed E-state index contributed by atoms with van der Waals surface area (Å²) in [5.74, 6) is 0.195. The predicted octanol–water partition coefficient (Wildman–Crippen LogP) is 4.75. The number of benzene rings is 2. The molecule has 0 bridgehead atoms. The van der Waals surface area contributed by atoms with Crippen LogP contribution < -0.4 is 0 Å². The van der Waals surface area contributed by atoms with Gasteiger partial charge in [-0.2, -0.15) is 0 Å². The molecule has 3 heterocycles. The van der Waals surface area contributed by atoms with Crippen molar-refractivity contribution < 1.29 is 4.79 Å². The summed E-state index contributed by atoms with van der Waals surface area (Å²) in [6.07, 6.45) is 6.40. The molecule has 0 spiro atoms. The van der Waals surface area contributed by atoms with Crippen LogP contribution in [0.2, 0.25) is 0 Å². The highest BCUT2D eigenvalue weighted by atomic mass is 16.2. The topological polar surface area (TPSA) is 52.2 Å². The van der Waals surface area contributed by atoms with Gasteiger partial charge in [-0.15, -0.1) is 0 Å². The molecule has 33 heavy (non-hydrogen) atoms. The van der Waals surface area contributed by atoms with Crippen molar-refractivity contribution in [1.29, 1.82) is 0 Å². The SMILES string of the molecule is CCN1CCN(Cc2ccc3cc[nH]c3c2)CC(Cc2ccccc2-c2cccnc2)C1=O. The minimum atomic E-state index is -0.0699. The maximum atomic E-state index is 13.4. The third-order valence-electron chi connectivity index (χ3n) is 6.69. The van der Waals surface area contributed by atoms with Crippen LogP contribution in [0, 0.1) is 5.92 Å². The number of H-pyrrole nitrogens is 1. The first kappa shape index (κ1) is 21.4. The van der Waals surface area contributed by atoms with Gasteiger partial charge >= 0.3 is 0 Å². The van der Waals surface area contributed by atoms with Crippen molar-refractivity contribution >= 4 is 16.8 Å². The summed E-state index contributed by atoms with van der Waals surface area (Å²) in [7, 11) is 0. The van der Waals surface area contributed by atoms with Crippen LogP contribution in [0.4, 0.5) is 0 Å². The third-order valence-corrected chi connectivity index (χ3v) is 6.69. The molecule has 5 heteroatoms. The van der Waals surface area contributed by atoms with Crippen LogP contribution >= 0.6 is 0 Å². The van der Waals surface area contributed by atoms with E-state index in [-0.39, 0.29) is 11.8 Å². The van der Waals surface area contributed by atoms with E-state index in [1.165, 1.54) is 16.5 Å². The normalized spacial score (nSPS) is 17.4. The Hall–Kier alpha value is -3.44. The quantitative estimate of drug-likeness (QED) is 0.473. The second-order valence-corrected chi connectivity index (χ2v) is 8.85. The van der Waals surface area contributed by atoms with Crippen molar-refractivity contribution in [2.75, 3.05) is 26.2 Å². The number of nitrogens with one attached hydrogen (secondary N) is 1. The lowest BCUT2D eigenvalue weighted by Gasteiger charge is -2.24. The lowest BCUT2D eigenvalue weighted by Crippen LogP contribution is -2.37. The van der Waals surface area contributed by atoms with Crippen molar-refractivity contribution in [3.8, 4) is 11.1 Å². The lowest BCUT2D eigenvalue weighted by atomic mass is 9.91. The van der Waals surface area contributed by atoms with E-state index in [1.807, 2.05) is 23.4 Å². The first-order valence-corrected chi connectivity index (χ1v) is 11.8. The van der Waals surface area contributed by atoms with Crippen LogP contribution in [-0.4, -0.2) is 51.9 Å². The molecule has 1 aliphatic rings. The van der Waals surface area contributed by atoms with Crippen LogP contribution in [0.3, 0.4) is 0 Å². The molecule has 1 atom stereocenters. The van der Waals surface area contributed by atoms with Crippen molar-refractivity contribution in [2.45, 2.75) is 19.9 Å². The summed E-state index contributed by atoms with van der Waals surface area (Å²) in [6.45, 7) is 6.11. The van der Waals surface area contributed by atoms with Crippen LogP contribution in [0.5, 0.6) is 0 Å². The molecule has 0 aliphatic carbocycles. The Morgan fingerprint density at radius 3 is 2.82 bits per heavy atom. The van der Waals surface area contributed by atoms with Gasteiger partial charge in [-0.25, -0.2) is 0 Å². The van der Waals surface area contributed by atoms with Crippen LogP contribution in [-0.2, 0) is 17.8 Å². The number of likely N-dealkylation sites (N-methyl/N-ethyl adjacent to an activating group) is 1. The van der Waals surface area contributed by atoms with Gasteiger partial charge in [0, 0.05) is 62.4 Å². The minimum absolute atomic E-state index is 0.0699. The number of aromatic amines is 1. The monoisotopic (exact) mass is 438 g/mol. The van der Waals surface area contributed by atoms with E-state index in [4.69, 9.17) is 0 Å². The number of pyridine rings is 1. The van der Waals surface area contributed by atoms with Crippen molar-refractivity contribution in [3.63, 3.8) is 0 Å². The number of aromatic nitrogens is 2. The van der Waals surface area contributed by atoms with E-state index in [0.29, 0.717) is 0 Å². The summed E-state index contributed by atoms with van der Waals surface area (Å²) in [4.78, 5) is 25.5. The van der Waals surface area contributed by atoms with E-state index in [2.05, 4.69) is 76.4 Å². The number of amides is 1. The van der Waals surface area contributed by atoms with Gasteiger partial charge in [0.1, 0.15) is 0 Å². The average molecular weight is 439 g/mol. The predicted molar refractivity (Wildman–Crippen MR) is 133 cm³/mol. The highest BCUT2D eigenvalue weighted by Gasteiger charge is 2.30. The van der Waals surface area contributed by atoms with Crippen molar-refractivity contribution in [3.05, 3.63) is 90.4 Å². The van der Waals surface area contributed by atoms with E-state index >= 15 is 0 Å². The Kier molecular flexibility index (Phi) is 6.22. The molecule has 1 aliphatic heterocycles. The Labute approximate surface area is 195 Å². The molecule has 1 N–H and O–H groups in total. The van der Waals surface area contributed by atoms with Crippen LogP contribution in [0.15, 0.2) is 79.3 Å². The van der Waals surface area contributed by atoms with Gasteiger partial charge in [-0.05, 0) is 53.6 Å². The van der Waals surface area contributed by atoms with Gasteiger partial charge in [-0.1, -0.05) is 42.5 Å². The van der Waals surface area contributed by atoms with E-state index < -0.39 is 0 Å². The fourth-order valence-electron chi connectivity index (χ4n) is 4.94. The Morgan fingerprint density at radius 2 is 1.97 bits per heavy atom. The zero-order valence-electron chi connectivity index (χ0n) is 19.1. The first-order valence-electron chi connectivity index (χ1n) is 11.8. The smallest absolute Gasteiger partial charge is 0.227 e. The number of hydrogen-bond donors (Lipinski definition) is 1. The number of carbonyl (C=O) groups is 1. The summed E-state index contributed by atoms with van der Waals surface area (Å²) in [5.41, 5.74) is 5.90. The molecule has 1 saturated heterocycles. The molecular formula is C28H30N4O. The molecule has 1 fully saturated rings. The van der Waals surface area contributed by atoms with Gasteiger partial charge < -0.3 is 9.88 Å². The summed E-state index contributed by atoms with van der Waals surface area (Å²) in [6, 6.07) is 21.2. The van der Waals surface area contributed by atoms with Gasteiger partial charge in [0.25, 0.3) is 0 Å². The number of hydrogen-bond acceptors (Lipinski definition) is 3. The van der Waals surface area contributed by atoms with Crippen molar-refractivity contribution in [2.24, 2.45) is 5.92 Å². The molecule has 1 unspecified atom stereocenters. The zero-order valence-corrected chi connectivity index (χ0v) is 19.1. The number of carbonyl (C=O) groups excluding carboxylic acids is 1. The Morgan fingerprint density at radius 1 is 1.06 bits per heavy atom. The second kappa shape index (κ2) is 9.59. The number of rotatable bonds is 6. The largest absolute Gasteiger partial charge is 0.361 e. The summed E-state index contributed by atoms with van der Waals surface area (Å²) >= 11 is 0. The number of nitrogens with zero attached hydrogens (tertiary/aromatic N) is 3. The molecule has 2 aromatic carbocycles. The molecule has 4 aromatic rings. The molecule has 0 radical (unpaired) electrons. The molecule has 5 rings (SSSR count). The van der Waals surface area contributed by atoms with E-state index in [9.17, 15) is 4.79 Å². The molecule has 168 valence electrons. The molecule has 2 aromatic heterocycles. The van der Waals surface area contributed by atoms with Crippen molar-refractivity contribution in [1.82, 2.24) is 19.8 Å². The standard InChI is InChI=1S/C28H30N4O/c1-2-32-15-14-31(19-21-9-10-22-11-13-30-27(22)16-21)20-25(28(32)33)17-23-6-3-4-8-26(23)24-7-5-12-29-18-24/h3-13,16,18,25,30H,2,14-15,17,19-20H2,1H3. The average Bonchev–Trinajstić information content (AvgIpc) is 3.27. The summed E-state index contributed by atoms with van der Waals surface area (Å²) in [5, 5.41) is 1.23. The zero-order chi connectivity index (χ0) is 22.6. The molecular weight excluding hydrogens is 408 g/mol. The fraction of sp³-hybridized carbons (Fsp3) is 0.286. The highest BCUT2D eigenvalue weighted by Crippen LogP contribution is 2.27. The maximum Gasteiger partial charge on any atom is 0.227 e. The molecule has 1 amide bonds. The van der Waals surface area contributed by atoms with Gasteiger partial charge in [0.15, 0.2) is 0 Å². The van der Waals surface area contributed by atoms with Gasteiger partial charge in [0.05, 0.1) is 5.92 Å².